The average Bonchev–Trinajstić information content (AvgIpc) is 2.47. The molecule has 8 heteroatoms. The summed E-state index contributed by atoms with van der Waals surface area (Å²) in [6.45, 7) is 0. The molecule has 0 aliphatic heterocycles. The number of nitrogens with zero attached hydrogens (tertiary/aromatic N) is 3. The number of aromatic nitrogens is 3. The summed E-state index contributed by atoms with van der Waals surface area (Å²) in [6, 6.07) is 0.305. The quantitative estimate of drug-likeness (QED) is 0.845. The second-order valence-corrected chi connectivity index (χ2v) is 4.79. The maximum atomic E-state index is 5.68. The van der Waals surface area contributed by atoms with Crippen molar-refractivity contribution in [1.29, 1.82) is 0 Å². The predicted molar refractivity (Wildman–Crippen MR) is 77.1 cm³/mol. The fraction of sp³-hybridized carbons (Fsp3) is 0.667. The molecule has 110 valence electrons. The normalized spacial score (nSPS) is 15.5. The van der Waals surface area contributed by atoms with Gasteiger partial charge in [0, 0.05) is 0 Å². The monoisotopic (exact) mass is 298 g/mol. The maximum absolute atomic E-state index is 5.68. The van der Waals surface area contributed by atoms with E-state index in [-0.39, 0.29) is 29.2 Å². The summed E-state index contributed by atoms with van der Waals surface area (Å²) in [4.78, 5) is 12.0. The van der Waals surface area contributed by atoms with Gasteiger partial charge in [-0.05, 0) is 37.9 Å². The van der Waals surface area contributed by atoms with Gasteiger partial charge in [-0.1, -0.05) is 6.42 Å². The van der Waals surface area contributed by atoms with E-state index in [9.17, 15) is 0 Å². The first-order valence-corrected chi connectivity index (χ1v) is 6.94. The van der Waals surface area contributed by atoms with E-state index in [0.29, 0.717) is 0 Å². The van der Waals surface area contributed by atoms with Crippen molar-refractivity contribution < 1.29 is 14.2 Å². The van der Waals surface area contributed by atoms with Crippen LogP contribution in [0.25, 0.3) is 0 Å². The second kappa shape index (κ2) is 7.18. The molecular formula is C12H18N4O3S. The second-order valence-electron chi connectivity index (χ2n) is 4.42. The summed E-state index contributed by atoms with van der Waals surface area (Å²) in [6.07, 6.45) is 5.87. The van der Waals surface area contributed by atoms with Crippen LogP contribution in [0, 0.1) is 0 Å². The molecule has 1 aliphatic carbocycles. The van der Waals surface area contributed by atoms with Crippen LogP contribution in [0.4, 0.5) is 5.95 Å². The number of ether oxygens (including phenoxy) is 3. The molecule has 1 aromatic heterocycles. The SMILES string of the molecule is COc1nc(NC(=S)OC2CCCCC2)nc(OC)n1. The summed E-state index contributed by atoms with van der Waals surface area (Å²) in [5, 5.41) is 3.08. The Balaban J connectivity index is 1.95. The van der Waals surface area contributed by atoms with E-state index in [1.54, 1.807) is 0 Å². The van der Waals surface area contributed by atoms with Crippen molar-refractivity contribution in [2.24, 2.45) is 0 Å². The van der Waals surface area contributed by atoms with Gasteiger partial charge < -0.3 is 14.2 Å². The van der Waals surface area contributed by atoms with Crippen LogP contribution in [0.2, 0.25) is 0 Å². The molecular weight excluding hydrogens is 280 g/mol. The predicted octanol–water partition coefficient (Wildman–Crippen LogP) is 1.93. The van der Waals surface area contributed by atoms with E-state index in [4.69, 9.17) is 26.4 Å². The zero-order chi connectivity index (χ0) is 14.4. The first-order valence-electron chi connectivity index (χ1n) is 6.53. The first kappa shape index (κ1) is 14.7. The third-order valence-electron chi connectivity index (χ3n) is 3.00. The van der Waals surface area contributed by atoms with Crippen LogP contribution in [-0.2, 0) is 4.74 Å². The number of rotatable bonds is 4. The third-order valence-corrected chi connectivity index (χ3v) is 3.20. The van der Waals surface area contributed by atoms with E-state index in [1.165, 1.54) is 33.5 Å². The van der Waals surface area contributed by atoms with Crippen molar-refractivity contribution in [2.75, 3.05) is 19.5 Å². The Bertz CT molecular complexity index is 444. The number of hydrogen-bond acceptors (Lipinski definition) is 7. The van der Waals surface area contributed by atoms with Gasteiger partial charge in [0.25, 0.3) is 5.17 Å². The fourth-order valence-corrected chi connectivity index (χ4v) is 2.26. The largest absolute Gasteiger partial charge is 0.467 e. The molecule has 1 fully saturated rings. The van der Waals surface area contributed by atoms with Crippen molar-refractivity contribution in [2.45, 2.75) is 38.2 Å². The number of anilines is 1. The number of nitrogens with one attached hydrogen (secondary N) is 1. The average molecular weight is 298 g/mol. The Morgan fingerprint density at radius 2 is 1.65 bits per heavy atom. The number of thiocarbonyl (C=S) groups is 1. The minimum Gasteiger partial charge on any atom is -0.467 e. The molecule has 2 rings (SSSR count). The number of hydrogen-bond donors (Lipinski definition) is 1. The van der Waals surface area contributed by atoms with Crippen LogP contribution in [-0.4, -0.2) is 40.5 Å². The van der Waals surface area contributed by atoms with Gasteiger partial charge >= 0.3 is 12.0 Å². The van der Waals surface area contributed by atoms with Crippen molar-refractivity contribution in [3.05, 3.63) is 0 Å². The van der Waals surface area contributed by atoms with Crippen LogP contribution in [0.1, 0.15) is 32.1 Å². The highest BCUT2D eigenvalue weighted by Gasteiger charge is 2.17. The van der Waals surface area contributed by atoms with Gasteiger partial charge in [0.2, 0.25) is 5.95 Å². The molecule has 0 radical (unpaired) electrons. The molecule has 20 heavy (non-hydrogen) atoms. The minimum absolute atomic E-state index is 0.153. The molecule has 1 heterocycles. The van der Waals surface area contributed by atoms with Gasteiger partial charge in [0.05, 0.1) is 14.2 Å². The van der Waals surface area contributed by atoms with E-state index in [0.717, 1.165) is 12.8 Å². The van der Waals surface area contributed by atoms with E-state index < -0.39 is 0 Å². The molecule has 0 aromatic carbocycles. The van der Waals surface area contributed by atoms with E-state index in [2.05, 4.69) is 20.3 Å². The van der Waals surface area contributed by atoms with Crippen LogP contribution < -0.4 is 14.8 Å². The highest BCUT2D eigenvalue weighted by Crippen LogP contribution is 2.21. The lowest BCUT2D eigenvalue weighted by Gasteiger charge is -2.23. The smallest absolute Gasteiger partial charge is 0.324 e. The van der Waals surface area contributed by atoms with Gasteiger partial charge in [0.1, 0.15) is 6.10 Å². The molecule has 1 N–H and O–H groups in total. The van der Waals surface area contributed by atoms with Gasteiger partial charge in [-0.15, -0.1) is 4.98 Å². The standard InChI is InChI=1S/C12H18N4O3S/c1-17-10-13-9(14-11(16-10)18-2)15-12(20)19-8-6-4-3-5-7-8/h8H,3-7H2,1-2H3,(H,13,14,15,16,20). The fourth-order valence-electron chi connectivity index (χ4n) is 2.03. The van der Waals surface area contributed by atoms with Gasteiger partial charge in [-0.2, -0.15) is 9.97 Å². The summed E-state index contributed by atoms with van der Waals surface area (Å²) in [7, 11) is 2.94. The molecule has 1 saturated carbocycles. The third kappa shape index (κ3) is 4.16. The molecule has 0 atom stereocenters. The Kier molecular flexibility index (Phi) is 5.28. The molecule has 0 amide bonds. The minimum atomic E-state index is 0.153. The lowest BCUT2D eigenvalue weighted by atomic mass is 9.98. The van der Waals surface area contributed by atoms with Crippen molar-refractivity contribution in [3.8, 4) is 12.0 Å². The lowest BCUT2D eigenvalue weighted by molar-refractivity contribution is 0.147. The molecule has 0 bridgehead atoms. The molecule has 1 aromatic rings. The Labute approximate surface area is 123 Å². The van der Waals surface area contributed by atoms with Crippen LogP contribution in [0.5, 0.6) is 12.0 Å². The summed E-state index contributed by atoms with van der Waals surface area (Å²) >= 11 is 5.16. The lowest BCUT2D eigenvalue weighted by Crippen LogP contribution is -2.25. The Morgan fingerprint density at radius 1 is 1.05 bits per heavy atom. The van der Waals surface area contributed by atoms with Gasteiger partial charge in [-0.25, -0.2) is 0 Å². The summed E-state index contributed by atoms with van der Waals surface area (Å²) in [5.41, 5.74) is 0. The van der Waals surface area contributed by atoms with Crippen molar-refractivity contribution in [3.63, 3.8) is 0 Å². The van der Waals surface area contributed by atoms with Crippen LogP contribution in [0.15, 0.2) is 0 Å². The molecule has 0 spiro atoms. The van der Waals surface area contributed by atoms with Crippen molar-refractivity contribution >= 4 is 23.3 Å². The molecule has 0 saturated heterocycles. The van der Waals surface area contributed by atoms with Crippen LogP contribution >= 0.6 is 12.2 Å². The maximum Gasteiger partial charge on any atom is 0.324 e. The first-order chi connectivity index (χ1) is 9.71. The summed E-state index contributed by atoms with van der Waals surface area (Å²) in [5.74, 6) is 0.245. The van der Waals surface area contributed by atoms with Gasteiger partial charge in [-0.3, -0.25) is 5.32 Å². The topological polar surface area (TPSA) is 78.4 Å². The zero-order valence-corrected chi connectivity index (χ0v) is 12.4. The zero-order valence-electron chi connectivity index (χ0n) is 11.6. The Morgan fingerprint density at radius 3 is 2.20 bits per heavy atom. The van der Waals surface area contributed by atoms with Crippen molar-refractivity contribution in [1.82, 2.24) is 15.0 Å². The molecule has 7 nitrogen and oxygen atoms in total. The molecule has 0 unspecified atom stereocenters. The Hall–Kier alpha value is -1.70. The molecule has 1 aliphatic rings. The van der Waals surface area contributed by atoms with Gasteiger partial charge in [0.15, 0.2) is 0 Å². The summed E-state index contributed by atoms with van der Waals surface area (Å²) < 4.78 is 15.6. The highest BCUT2D eigenvalue weighted by molar-refractivity contribution is 7.80. The van der Waals surface area contributed by atoms with E-state index >= 15 is 0 Å². The van der Waals surface area contributed by atoms with Crippen LogP contribution in [0.3, 0.4) is 0 Å². The van der Waals surface area contributed by atoms with E-state index in [1.807, 2.05) is 0 Å². The highest BCUT2D eigenvalue weighted by atomic mass is 32.1. The number of methoxy groups -OCH3 is 2.